The Morgan fingerprint density at radius 2 is 1.89 bits per heavy atom. The Kier molecular flexibility index (Phi) is 5.09. The van der Waals surface area contributed by atoms with E-state index in [4.69, 9.17) is 0 Å². The zero-order chi connectivity index (χ0) is 14.0. The highest BCUT2D eigenvalue weighted by molar-refractivity contribution is 7.13. The van der Waals surface area contributed by atoms with Crippen LogP contribution in [0.5, 0.6) is 0 Å². The molecule has 0 bridgehead atoms. The van der Waals surface area contributed by atoms with Crippen molar-refractivity contribution in [2.75, 3.05) is 19.6 Å². The average molecular weight is 280 g/mol. The standard InChI is InChI=1S/C14H23N2P.C2H6/c1-10-3-4-13(7-11(10)2)16-6-5-12-8-15(17)9-14(12)16;1-2/h3-4,7,10-12,14H,5-6,8-9,17H2,1-2H3;1-2H3/t10?,11?,12-,14+;/m1./s1. The molecular formula is C16H29N2P. The van der Waals surface area contributed by atoms with Gasteiger partial charge < -0.3 is 4.90 Å². The zero-order valence-corrected chi connectivity index (χ0v) is 14.0. The summed E-state index contributed by atoms with van der Waals surface area (Å²) < 4.78 is 2.40. The van der Waals surface area contributed by atoms with Crippen LogP contribution in [0.2, 0.25) is 0 Å². The Morgan fingerprint density at radius 1 is 1.16 bits per heavy atom. The second kappa shape index (κ2) is 6.41. The molecule has 108 valence electrons. The molecule has 2 heterocycles. The number of allylic oxidation sites excluding steroid dienone is 3. The molecule has 5 atom stereocenters. The fraction of sp³-hybridized carbons (Fsp3) is 0.750. The van der Waals surface area contributed by atoms with Gasteiger partial charge in [-0.3, -0.25) is 4.67 Å². The summed E-state index contributed by atoms with van der Waals surface area (Å²) in [7, 11) is 2.87. The van der Waals surface area contributed by atoms with Crippen LogP contribution in [-0.4, -0.2) is 35.2 Å². The molecule has 3 unspecified atom stereocenters. The molecule has 0 amide bonds. The largest absolute Gasteiger partial charge is 0.367 e. The van der Waals surface area contributed by atoms with E-state index in [2.05, 4.69) is 51.0 Å². The number of hydrogen-bond donors (Lipinski definition) is 0. The van der Waals surface area contributed by atoms with Crippen LogP contribution in [0.4, 0.5) is 0 Å². The minimum Gasteiger partial charge on any atom is -0.367 e. The lowest BCUT2D eigenvalue weighted by molar-refractivity contribution is 0.311. The second-order valence-corrected chi connectivity index (χ2v) is 6.66. The van der Waals surface area contributed by atoms with Crippen molar-refractivity contribution >= 4 is 9.39 Å². The van der Waals surface area contributed by atoms with Gasteiger partial charge in [-0.2, -0.15) is 0 Å². The van der Waals surface area contributed by atoms with E-state index in [0.717, 1.165) is 12.0 Å². The molecule has 0 saturated carbocycles. The first kappa shape index (κ1) is 15.1. The van der Waals surface area contributed by atoms with E-state index in [9.17, 15) is 0 Å². The molecule has 1 aliphatic carbocycles. The smallest absolute Gasteiger partial charge is 0.0461 e. The Hall–Kier alpha value is -0.330. The van der Waals surface area contributed by atoms with E-state index < -0.39 is 0 Å². The minimum absolute atomic E-state index is 0.683. The van der Waals surface area contributed by atoms with E-state index in [0.29, 0.717) is 11.8 Å². The maximum atomic E-state index is 2.87. The van der Waals surface area contributed by atoms with Crippen molar-refractivity contribution in [2.24, 2.45) is 17.8 Å². The molecule has 2 aliphatic heterocycles. The number of rotatable bonds is 1. The molecule has 0 radical (unpaired) electrons. The van der Waals surface area contributed by atoms with Crippen LogP contribution in [0.25, 0.3) is 0 Å². The maximum Gasteiger partial charge on any atom is 0.0461 e. The van der Waals surface area contributed by atoms with Gasteiger partial charge in [0.25, 0.3) is 0 Å². The molecule has 0 aromatic rings. The fourth-order valence-corrected chi connectivity index (χ4v) is 3.90. The highest BCUT2D eigenvalue weighted by Crippen LogP contribution is 2.37. The van der Waals surface area contributed by atoms with Crippen molar-refractivity contribution in [3.05, 3.63) is 23.9 Å². The number of nitrogens with zero attached hydrogens (tertiary/aromatic N) is 2. The summed E-state index contributed by atoms with van der Waals surface area (Å²) in [4.78, 5) is 2.65. The molecular weight excluding hydrogens is 251 g/mol. The van der Waals surface area contributed by atoms with Crippen LogP contribution in [-0.2, 0) is 0 Å². The third kappa shape index (κ3) is 3.06. The lowest BCUT2D eigenvalue weighted by atomic mass is 9.90. The normalized spacial score (nSPS) is 37.7. The monoisotopic (exact) mass is 280 g/mol. The van der Waals surface area contributed by atoms with Crippen LogP contribution in [0, 0.1) is 17.8 Å². The quantitative estimate of drug-likeness (QED) is 0.678. The van der Waals surface area contributed by atoms with Gasteiger partial charge in [0.1, 0.15) is 0 Å². The molecule has 19 heavy (non-hydrogen) atoms. The van der Waals surface area contributed by atoms with Gasteiger partial charge in [0, 0.05) is 31.4 Å². The summed E-state index contributed by atoms with van der Waals surface area (Å²) >= 11 is 0. The van der Waals surface area contributed by atoms with E-state index in [-0.39, 0.29) is 0 Å². The fourth-order valence-electron chi connectivity index (χ4n) is 3.41. The summed E-state index contributed by atoms with van der Waals surface area (Å²) in [6.45, 7) is 12.4. The van der Waals surface area contributed by atoms with E-state index in [1.165, 1.54) is 31.8 Å². The minimum atomic E-state index is 0.683. The van der Waals surface area contributed by atoms with Crippen molar-refractivity contribution < 1.29 is 0 Å². The van der Waals surface area contributed by atoms with Gasteiger partial charge in [0.05, 0.1) is 0 Å². The van der Waals surface area contributed by atoms with Crippen LogP contribution in [0.15, 0.2) is 23.9 Å². The van der Waals surface area contributed by atoms with Gasteiger partial charge in [-0.1, -0.05) is 49.2 Å². The molecule has 2 fully saturated rings. The summed E-state index contributed by atoms with van der Waals surface area (Å²) in [6.07, 6.45) is 8.56. The summed E-state index contributed by atoms with van der Waals surface area (Å²) in [5.74, 6) is 2.26. The second-order valence-electron chi connectivity index (χ2n) is 5.93. The molecule has 0 N–H and O–H groups in total. The van der Waals surface area contributed by atoms with Crippen LogP contribution < -0.4 is 0 Å². The van der Waals surface area contributed by atoms with Gasteiger partial charge in [-0.05, 0) is 30.3 Å². The lowest BCUT2D eigenvalue weighted by Gasteiger charge is -2.31. The van der Waals surface area contributed by atoms with E-state index in [1.54, 1.807) is 0 Å². The maximum absolute atomic E-state index is 2.87. The van der Waals surface area contributed by atoms with Crippen LogP contribution >= 0.6 is 9.39 Å². The first-order valence-electron chi connectivity index (χ1n) is 7.81. The SMILES string of the molecule is CC.CC1C=CC(N2CC[C@@H]3CN(P)C[C@@H]32)=CC1C. The average Bonchev–Trinajstić information content (AvgIpc) is 2.94. The first-order chi connectivity index (χ1) is 9.15. The summed E-state index contributed by atoms with van der Waals surface area (Å²) in [6, 6.07) is 0.754. The molecule has 2 nitrogen and oxygen atoms in total. The number of likely N-dealkylation sites (tertiary alicyclic amines) is 1. The van der Waals surface area contributed by atoms with Gasteiger partial charge >= 0.3 is 0 Å². The van der Waals surface area contributed by atoms with Crippen LogP contribution in [0.3, 0.4) is 0 Å². The molecule has 3 aliphatic rings. The molecule has 2 saturated heterocycles. The third-order valence-electron chi connectivity index (χ3n) is 4.74. The highest BCUT2D eigenvalue weighted by atomic mass is 31.0. The van der Waals surface area contributed by atoms with E-state index in [1.807, 2.05) is 13.8 Å². The third-order valence-corrected chi connectivity index (χ3v) is 5.16. The van der Waals surface area contributed by atoms with Crippen LogP contribution in [0.1, 0.15) is 34.1 Å². The topological polar surface area (TPSA) is 6.48 Å². The van der Waals surface area contributed by atoms with Crippen molar-refractivity contribution in [3.8, 4) is 0 Å². The molecule has 0 aromatic carbocycles. The van der Waals surface area contributed by atoms with E-state index >= 15 is 0 Å². The van der Waals surface area contributed by atoms with Gasteiger partial charge in [0.2, 0.25) is 0 Å². The first-order valence-corrected chi connectivity index (χ1v) is 8.33. The molecule has 0 spiro atoms. The molecule has 3 heteroatoms. The molecule has 3 rings (SSSR count). The molecule has 0 aromatic heterocycles. The number of fused-ring (bicyclic) bond motifs is 1. The lowest BCUT2D eigenvalue weighted by Crippen LogP contribution is -2.33. The Bertz CT molecular complexity index is 364. The predicted octanol–water partition coefficient (Wildman–Crippen LogP) is 3.53. The van der Waals surface area contributed by atoms with Crippen molar-refractivity contribution in [1.82, 2.24) is 9.57 Å². The Morgan fingerprint density at radius 3 is 2.58 bits per heavy atom. The highest BCUT2D eigenvalue weighted by Gasteiger charge is 2.40. The van der Waals surface area contributed by atoms with Gasteiger partial charge in [-0.15, -0.1) is 0 Å². The van der Waals surface area contributed by atoms with Gasteiger partial charge in [0.15, 0.2) is 0 Å². The number of hydrogen-bond acceptors (Lipinski definition) is 2. The summed E-state index contributed by atoms with van der Waals surface area (Å²) in [5.41, 5.74) is 1.48. The Balaban J connectivity index is 0.000000637. The Labute approximate surface area is 121 Å². The van der Waals surface area contributed by atoms with Crippen molar-refractivity contribution in [2.45, 2.75) is 40.2 Å². The van der Waals surface area contributed by atoms with Gasteiger partial charge in [-0.25, -0.2) is 0 Å². The summed E-state index contributed by atoms with van der Waals surface area (Å²) in [5, 5.41) is 0. The van der Waals surface area contributed by atoms with Crippen molar-refractivity contribution in [1.29, 1.82) is 0 Å². The van der Waals surface area contributed by atoms with Crippen molar-refractivity contribution in [3.63, 3.8) is 0 Å². The predicted molar refractivity (Wildman–Crippen MR) is 86.8 cm³/mol. The zero-order valence-electron chi connectivity index (χ0n) is 12.8.